The molecule has 0 bridgehead atoms. The molecule has 92 valence electrons. The van der Waals surface area contributed by atoms with Gasteiger partial charge in [0.2, 0.25) is 0 Å². The summed E-state index contributed by atoms with van der Waals surface area (Å²) in [5.74, 6) is -0.0574. The van der Waals surface area contributed by atoms with E-state index in [1.165, 1.54) is 4.90 Å². The van der Waals surface area contributed by atoms with Crippen molar-refractivity contribution in [1.29, 1.82) is 10.5 Å². The average molecular weight is 241 g/mol. The van der Waals surface area contributed by atoms with Crippen LogP contribution >= 0.6 is 0 Å². The third kappa shape index (κ3) is 3.69. The summed E-state index contributed by atoms with van der Waals surface area (Å²) in [6.45, 7) is 4.14. The fourth-order valence-electron chi connectivity index (χ4n) is 1.78. The third-order valence-corrected chi connectivity index (χ3v) is 2.64. The van der Waals surface area contributed by atoms with Gasteiger partial charge in [0.1, 0.15) is 0 Å². The van der Waals surface area contributed by atoms with Crippen LogP contribution in [0.2, 0.25) is 0 Å². The van der Waals surface area contributed by atoms with Gasteiger partial charge < -0.3 is 0 Å². The third-order valence-electron chi connectivity index (χ3n) is 2.64. The minimum atomic E-state index is -0.0574. The second-order valence-electron chi connectivity index (χ2n) is 4.20. The lowest BCUT2D eigenvalue weighted by atomic mass is 10.0. The van der Waals surface area contributed by atoms with Gasteiger partial charge in [-0.2, -0.15) is 10.5 Å². The van der Waals surface area contributed by atoms with E-state index in [0.717, 1.165) is 11.1 Å². The van der Waals surface area contributed by atoms with Crippen molar-refractivity contribution < 1.29 is 4.79 Å². The minimum absolute atomic E-state index is 0.0574. The molecule has 0 aliphatic heterocycles. The van der Waals surface area contributed by atoms with E-state index in [-0.39, 0.29) is 25.4 Å². The zero-order valence-corrected chi connectivity index (χ0v) is 10.6. The quantitative estimate of drug-likeness (QED) is 0.582. The molecule has 0 amide bonds. The summed E-state index contributed by atoms with van der Waals surface area (Å²) < 4.78 is 0. The van der Waals surface area contributed by atoms with Crippen LogP contribution in [0.3, 0.4) is 0 Å². The number of aryl methyl sites for hydroxylation is 2. The van der Waals surface area contributed by atoms with Gasteiger partial charge in [0.25, 0.3) is 0 Å². The highest BCUT2D eigenvalue weighted by atomic mass is 16.1. The summed E-state index contributed by atoms with van der Waals surface area (Å²) in [6.07, 6.45) is 0. The highest BCUT2D eigenvalue weighted by Gasteiger charge is 2.13. The second-order valence-corrected chi connectivity index (χ2v) is 4.20. The normalized spacial score (nSPS) is 9.83. The van der Waals surface area contributed by atoms with Crippen LogP contribution in [-0.4, -0.2) is 30.3 Å². The number of nitriles is 2. The van der Waals surface area contributed by atoms with Crippen LogP contribution in [0, 0.1) is 36.5 Å². The van der Waals surface area contributed by atoms with Gasteiger partial charge in [-0.15, -0.1) is 0 Å². The molecule has 0 saturated heterocycles. The molecule has 0 fully saturated rings. The number of carbonyl (C=O) groups is 1. The second kappa shape index (κ2) is 6.54. The first-order chi connectivity index (χ1) is 8.58. The Hall–Kier alpha value is -2.17. The number of ketones is 1. The van der Waals surface area contributed by atoms with Crippen LogP contribution < -0.4 is 0 Å². The van der Waals surface area contributed by atoms with E-state index in [9.17, 15) is 4.79 Å². The van der Waals surface area contributed by atoms with Crippen LogP contribution in [0.1, 0.15) is 21.5 Å². The molecule has 0 unspecified atom stereocenters. The van der Waals surface area contributed by atoms with Crippen molar-refractivity contribution >= 4 is 5.78 Å². The number of nitrogens with zero attached hydrogens (tertiary/aromatic N) is 3. The van der Waals surface area contributed by atoms with E-state index in [0.29, 0.717) is 5.56 Å². The van der Waals surface area contributed by atoms with Crippen molar-refractivity contribution in [2.45, 2.75) is 13.8 Å². The highest BCUT2D eigenvalue weighted by molar-refractivity contribution is 5.99. The topological polar surface area (TPSA) is 67.9 Å². The molecule has 4 nitrogen and oxygen atoms in total. The minimum Gasteiger partial charge on any atom is -0.293 e. The Bertz CT molecular complexity index is 507. The molecule has 4 heteroatoms. The zero-order chi connectivity index (χ0) is 13.5. The van der Waals surface area contributed by atoms with Crippen molar-refractivity contribution in [3.63, 3.8) is 0 Å². The molecule has 0 saturated carbocycles. The molecule has 0 aliphatic rings. The summed E-state index contributed by atoms with van der Waals surface area (Å²) in [5, 5.41) is 17.3. The monoisotopic (exact) mass is 241 g/mol. The summed E-state index contributed by atoms with van der Waals surface area (Å²) in [7, 11) is 0. The lowest BCUT2D eigenvalue weighted by Gasteiger charge is -2.15. The average Bonchev–Trinajstić information content (AvgIpc) is 2.29. The largest absolute Gasteiger partial charge is 0.293 e. The van der Waals surface area contributed by atoms with Crippen molar-refractivity contribution in [3.05, 3.63) is 34.9 Å². The molecule has 0 heterocycles. The Morgan fingerprint density at radius 2 is 1.83 bits per heavy atom. The highest BCUT2D eigenvalue weighted by Crippen LogP contribution is 2.11. The van der Waals surface area contributed by atoms with Crippen LogP contribution in [0.25, 0.3) is 0 Å². The number of Topliss-reactive ketones (excluding diaryl/α,β-unsaturated/α-hetero) is 1. The van der Waals surface area contributed by atoms with E-state index in [2.05, 4.69) is 0 Å². The summed E-state index contributed by atoms with van der Waals surface area (Å²) in [5.41, 5.74) is 2.69. The molecular formula is C14H15N3O. The Morgan fingerprint density at radius 1 is 1.22 bits per heavy atom. The van der Waals surface area contributed by atoms with E-state index in [1.807, 2.05) is 38.1 Å². The maximum atomic E-state index is 12.1. The van der Waals surface area contributed by atoms with Crippen molar-refractivity contribution in [1.82, 2.24) is 4.90 Å². The molecule has 0 atom stereocenters. The fourth-order valence-corrected chi connectivity index (χ4v) is 1.78. The fraction of sp³-hybridized carbons (Fsp3) is 0.357. The molecular weight excluding hydrogens is 226 g/mol. The molecule has 0 N–H and O–H groups in total. The Kier molecular flexibility index (Phi) is 5.05. The van der Waals surface area contributed by atoms with E-state index >= 15 is 0 Å². The molecule has 0 radical (unpaired) electrons. The first-order valence-electron chi connectivity index (χ1n) is 5.65. The summed E-state index contributed by atoms with van der Waals surface area (Å²) in [4.78, 5) is 13.6. The van der Waals surface area contributed by atoms with Gasteiger partial charge in [-0.3, -0.25) is 9.69 Å². The molecule has 1 aromatic rings. The number of rotatable bonds is 5. The van der Waals surface area contributed by atoms with E-state index in [4.69, 9.17) is 10.5 Å². The smallest absolute Gasteiger partial charge is 0.177 e. The van der Waals surface area contributed by atoms with Crippen LogP contribution in [0.4, 0.5) is 0 Å². The Labute approximate surface area is 107 Å². The van der Waals surface area contributed by atoms with Gasteiger partial charge >= 0.3 is 0 Å². The molecule has 0 aliphatic carbocycles. The van der Waals surface area contributed by atoms with Crippen LogP contribution in [0.15, 0.2) is 18.2 Å². The maximum Gasteiger partial charge on any atom is 0.177 e. The summed E-state index contributed by atoms with van der Waals surface area (Å²) >= 11 is 0. The van der Waals surface area contributed by atoms with Crippen LogP contribution in [-0.2, 0) is 0 Å². The maximum absolute atomic E-state index is 12.1. The first kappa shape index (κ1) is 13.9. The van der Waals surface area contributed by atoms with Gasteiger partial charge in [0, 0.05) is 5.56 Å². The van der Waals surface area contributed by atoms with Gasteiger partial charge in [0.15, 0.2) is 5.78 Å². The Morgan fingerprint density at radius 3 is 2.33 bits per heavy atom. The number of benzene rings is 1. The molecule has 1 aromatic carbocycles. The van der Waals surface area contributed by atoms with Gasteiger partial charge in [-0.1, -0.05) is 23.8 Å². The van der Waals surface area contributed by atoms with Crippen LogP contribution in [0.5, 0.6) is 0 Å². The molecule has 18 heavy (non-hydrogen) atoms. The van der Waals surface area contributed by atoms with Gasteiger partial charge in [-0.05, 0) is 19.4 Å². The number of hydrogen-bond acceptors (Lipinski definition) is 4. The summed E-state index contributed by atoms with van der Waals surface area (Å²) in [6, 6.07) is 9.55. The lowest BCUT2D eigenvalue weighted by Crippen LogP contribution is -2.31. The standard InChI is InChI=1S/C14H15N3O/c1-11-3-4-13(12(2)9-11)14(18)10-17(7-5-15)8-6-16/h3-4,9H,7-8,10H2,1-2H3. The first-order valence-corrected chi connectivity index (χ1v) is 5.65. The van der Waals surface area contributed by atoms with Crippen molar-refractivity contribution in [2.24, 2.45) is 0 Å². The predicted octanol–water partition coefficient (Wildman–Crippen LogP) is 1.84. The predicted molar refractivity (Wildman–Crippen MR) is 67.9 cm³/mol. The number of carbonyl (C=O) groups excluding carboxylic acids is 1. The van der Waals surface area contributed by atoms with E-state index in [1.54, 1.807) is 6.07 Å². The Balaban J connectivity index is 2.81. The van der Waals surface area contributed by atoms with Gasteiger partial charge in [0.05, 0.1) is 31.8 Å². The zero-order valence-electron chi connectivity index (χ0n) is 10.6. The van der Waals surface area contributed by atoms with Crippen molar-refractivity contribution in [2.75, 3.05) is 19.6 Å². The van der Waals surface area contributed by atoms with Gasteiger partial charge in [-0.25, -0.2) is 0 Å². The van der Waals surface area contributed by atoms with Crippen molar-refractivity contribution in [3.8, 4) is 12.1 Å². The SMILES string of the molecule is Cc1ccc(C(=O)CN(CC#N)CC#N)c(C)c1. The lowest BCUT2D eigenvalue weighted by molar-refractivity contribution is 0.0945. The molecule has 0 spiro atoms. The van der Waals surface area contributed by atoms with E-state index < -0.39 is 0 Å². The molecule has 0 aromatic heterocycles. The molecule has 1 rings (SSSR count). The number of hydrogen-bond donors (Lipinski definition) is 0.